The largest absolute Gasteiger partial charge is 0.325 e. The molecule has 0 aliphatic carbocycles. The third-order valence-electron chi connectivity index (χ3n) is 3.23. The lowest BCUT2D eigenvalue weighted by Gasteiger charge is -2.30. The Morgan fingerprint density at radius 2 is 2.13 bits per heavy atom. The van der Waals surface area contributed by atoms with Crippen LogP contribution in [0.1, 0.15) is 20.3 Å². The molecular formula is C15H17Cl2N3O2S. The minimum absolute atomic E-state index is 0.0901. The zero-order chi connectivity index (χ0) is 17.0. The summed E-state index contributed by atoms with van der Waals surface area (Å²) in [4.78, 5) is 30.5. The molecule has 1 N–H and O–H groups in total. The maximum absolute atomic E-state index is 12.4. The van der Waals surface area contributed by atoms with Crippen LogP contribution in [0.3, 0.4) is 0 Å². The van der Waals surface area contributed by atoms with E-state index in [9.17, 15) is 9.59 Å². The maximum atomic E-state index is 12.4. The number of amides is 2. The molecule has 2 amide bonds. The molecule has 1 aliphatic heterocycles. The number of hydrogen-bond acceptors (Lipinski definition) is 4. The molecule has 23 heavy (non-hydrogen) atoms. The smallest absolute Gasteiger partial charge is 0.238 e. The molecule has 0 radical (unpaired) electrons. The molecule has 1 atom stereocenters. The maximum Gasteiger partial charge on any atom is 0.238 e. The minimum Gasteiger partial charge on any atom is -0.325 e. The molecule has 1 aliphatic rings. The first-order valence-electron chi connectivity index (χ1n) is 7.23. The van der Waals surface area contributed by atoms with Crippen LogP contribution in [0.4, 0.5) is 5.69 Å². The number of nitrogens with zero attached hydrogens (tertiary/aromatic N) is 2. The number of hydrogen-bond donors (Lipinski definition) is 1. The molecule has 1 heterocycles. The zero-order valence-corrected chi connectivity index (χ0v) is 15.1. The van der Waals surface area contributed by atoms with Crippen LogP contribution in [0.15, 0.2) is 23.2 Å². The van der Waals surface area contributed by atoms with Gasteiger partial charge in [0, 0.05) is 25.2 Å². The minimum atomic E-state index is -0.509. The highest BCUT2D eigenvalue weighted by Gasteiger charge is 2.34. The second-order valence-corrected chi connectivity index (χ2v) is 6.81. The summed E-state index contributed by atoms with van der Waals surface area (Å²) in [5, 5.41) is 3.64. The molecule has 1 aromatic rings. The lowest BCUT2D eigenvalue weighted by molar-refractivity contribution is -0.129. The molecule has 0 spiro atoms. The summed E-state index contributed by atoms with van der Waals surface area (Å²) in [5.74, 6) is -0.339. The molecule has 8 heteroatoms. The number of thioether (sulfide) groups is 1. The van der Waals surface area contributed by atoms with Gasteiger partial charge in [0.1, 0.15) is 5.25 Å². The molecule has 0 aromatic heterocycles. The molecule has 5 nitrogen and oxygen atoms in total. The Morgan fingerprint density at radius 1 is 1.39 bits per heavy atom. The fourth-order valence-corrected chi connectivity index (χ4v) is 3.63. The van der Waals surface area contributed by atoms with Crippen molar-refractivity contribution in [2.45, 2.75) is 25.5 Å². The van der Waals surface area contributed by atoms with Crippen LogP contribution >= 0.6 is 35.0 Å². The fraction of sp³-hybridized carbons (Fsp3) is 0.400. The number of halogens is 2. The predicted octanol–water partition coefficient (Wildman–Crippen LogP) is 3.66. The van der Waals surface area contributed by atoms with Crippen LogP contribution in [0, 0.1) is 0 Å². The van der Waals surface area contributed by atoms with E-state index in [1.54, 1.807) is 23.1 Å². The van der Waals surface area contributed by atoms with E-state index in [-0.39, 0.29) is 18.2 Å². The van der Waals surface area contributed by atoms with Gasteiger partial charge in [0.25, 0.3) is 0 Å². The van der Waals surface area contributed by atoms with Crippen molar-refractivity contribution in [1.82, 2.24) is 4.90 Å². The number of carbonyl (C=O) groups excluding carboxylic acids is 2. The Kier molecular flexibility index (Phi) is 6.33. The molecular weight excluding hydrogens is 357 g/mol. The molecule has 0 saturated carbocycles. The molecule has 124 valence electrons. The summed E-state index contributed by atoms with van der Waals surface area (Å²) >= 11 is 13.1. The van der Waals surface area contributed by atoms with Crippen molar-refractivity contribution in [1.29, 1.82) is 0 Å². The highest BCUT2D eigenvalue weighted by atomic mass is 35.5. The van der Waals surface area contributed by atoms with Crippen molar-refractivity contribution in [3.8, 4) is 0 Å². The van der Waals surface area contributed by atoms with E-state index in [2.05, 4.69) is 10.3 Å². The van der Waals surface area contributed by atoms with Crippen LogP contribution in [0.25, 0.3) is 0 Å². The Morgan fingerprint density at radius 3 is 2.74 bits per heavy atom. The standard InChI is InChI=1S/C15H17Cl2N3O2S/c1-3-18-15-20(4-2)13(21)8-12(23-15)14(22)19-9-5-6-10(16)11(17)7-9/h5-7,12H,3-4,8H2,1-2H3,(H,19,22)/t12-/m1/s1. The van der Waals surface area contributed by atoms with Crippen molar-refractivity contribution in [2.24, 2.45) is 4.99 Å². The van der Waals surface area contributed by atoms with E-state index in [4.69, 9.17) is 23.2 Å². The van der Waals surface area contributed by atoms with Crippen LogP contribution in [-0.4, -0.2) is 40.2 Å². The highest BCUT2D eigenvalue weighted by Crippen LogP contribution is 2.29. The summed E-state index contributed by atoms with van der Waals surface area (Å²) in [7, 11) is 0. The number of nitrogens with one attached hydrogen (secondary N) is 1. The highest BCUT2D eigenvalue weighted by molar-refractivity contribution is 8.15. The zero-order valence-electron chi connectivity index (χ0n) is 12.8. The quantitative estimate of drug-likeness (QED) is 0.875. The molecule has 1 saturated heterocycles. The van der Waals surface area contributed by atoms with Crippen molar-refractivity contribution < 1.29 is 9.59 Å². The summed E-state index contributed by atoms with van der Waals surface area (Å²) in [6, 6.07) is 4.86. The molecule has 1 fully saturated rings. The second kappa shape index (κ2) is 8.04. The van der Waals surface area contributed by atoms with Gasteiger partial charge in [-0.1, -0.05) is 35.0 Å². The second-order valence-electron chi connectivity index (χ2n) is 4.82. The first-order chi connectivity index (χ1) is 11.0. The average Bonchev–Trinajstić information content (AvgIpc) is 2.51. The summed E-state index contributed by atoms with van der Waals surface area (Å²) in [6.07, 6.45) is 0.147. The average molecular weight is 374 g/mol. The SMILES string of the molecule is CCN=C1S[C@@H](C(=O)Nc2ccc(Cl)c(Cl)c2)CC(=O)N1CC. The van der Waals surface area contributed by atoms with Crippen LogP contribution < -0.4 is 5.32 Å². The number of carbonyl (C=O) groups is 2. The Hall–Kier alpha value is -1.24. The van der Waals surface area contributed by atoms with Gasteiger partial charge in [0.15, 0.2) is 5.17 Å². The van der Waals surface area contributed by atoms with Crippen molar-refractivity contribution >= 4 is 57.6 Å². The summed E-state index contributed by atoms with van der Waals surface area (Å²) < 4.78 is 0. The van der Waals surface area contributed by atoms with Gasteiger partial charge in [-0.2, -0.15) is 0 Å². The van der Waals surface area contributed by atoms with Gasteiger partial charge in [0.2, 0.25) is 11.8 Å². The Balaban J connectivity index is 2.11. The van der Waals surface area contributed by atoms with Crippen molar-refractivity contribution in [3.63, 3.8) is 0 Å². The molecule has 0 unspecified atom stereocenters. The van der Waals surface area contributed by atoms with E-state index in [0.29, 0.717) is 34.0 Å². The third-order valence-corrected chi connectivity index (χ3v) is 5.19. The van der Waals surface area contributed by atoms with E-state index in [1.807, 2.05) is 13.8 Å². The van der Waals surface area contributed by atoms with Gasteiger partial charge >= 0.3 is 0 Å². The van der Waals surface area contributed by atoms with Crippen LogP contribution in [0.5, 0.6) is 0 Å². The topological polar surface area (TPSA) is 61.8 Å². The fourth-order valence-electron chi connectivity index (χ4n) is 2.12. The van der Waals surface area contributed by atoms with E-state index in [1.165, 1.54) is 11.8 Å². The van der Waals surface area contributed by atoms with Gasteiger partial charge in [-0.05, 0) is 32.0 Å². The summed E-state index contributed by atoms with van der Waals surface area (Å²) in [6.45, 7) is 4.89. The van der Waals surface area contributed by atoms with Gasteiger partial charge in [-0.25, -0.2) is 0 Å². The monoisotopic (exact) mass is 373 g/mol. The van der Waals surface area contributed by atoms with Crippen LogP contribution in [-0.2, 0) is 9.59 Å². The van der Waals surface area contributed by atoms with Gasteiger partial charge < -0.3 is 5.32 Å². The van der Waals surface area contributed by atoms with Crippen LogP contribution in [0.2, 0.25) is 10.0 Å². The molecule has 2 rings (SSSR count). The normalized spacial score (nSPS) is 20.0. The Labute approximate surface area is 149 Å². The lowest BCUT2D eigenvalue weighted by Crippen LogP contribution is -2.45. The predicted molar refractivity (Wildman–Crippen MR) is 96.5 cm³/mol. The van der Waals surface area contributed by atoms with Gasteiger partial charge in [-0.3, -0.25) is 19.5 Å². The number of rotatable bonds is 4. The Bertz CT molecular complexity index is 652. The van der Waals surface area contributed by atoms with Crippen molar-refractivity contribution in [3.05, 3.63) is 28.2 Å². The number of anilines is 1. The van der Waals surface area contributed by atoms with E-state index < -0.39 is 5.25 Å². The van der Waals surface area contributed by atoms with Gasteiger partial charge in [0.05, 0.1) is 10.0 Å². The van der Waals surface area contributed by atoms with E-state index >= 15 is 0 Å². The number of benzene rings is 1. The number of amidine groups is 1. The first kappa shape index (κ1) is 18.1. The molecule has 1 aromatic carbocycles. The number of aliphatic imine (C=N–C) groups is 1. The van der Waals surface area contributed by atoms with Gasteiger partial charge in [-0.15, -0.1) is 0 Å². The van der Waals surface area contributed by atoms with E-state index in [0.717, 1.165) is 0 Å². The third kappa shape index (κ3) is 4.40. The van der Waals surface area contributed by atoms with Crippen molar-refractivity contribution in [2.75, 3.05) is 18.4 Å². The lowest BCUT2D eigenvalue weighted by atomic mass is 10.2. The first-order valence-corrected chi connectivity index (χ1v) is 8.87. The molecule has 0 bridgehead atoms. The summed E-state index contributed by atoms with van der Waals surface area (Å²) in [5.41, 5.74) is 0.546.